The SMILES string of the molecule is c1ccc(-c2cc(-c3ccccc3)nc(-n3c(-c4ccccc4)cc4c5oc(-c6ccccc6)cc5ccc43)n2)cc1. The third-order valence-corrected chi connectivity index (χ3v) is 7.65. The summed E-state index contributed by atoms with van der Waals surface area (Å²) in [5.41, 5.74) is 8.78. The zero-order valence-corrected chi connectivity index (χ0v) is 22.7. The van der Waals surface area contributed by atoms with E-state index in [1.54, 1.807) is 0 Å². The van der Waals surface area contributed by atoms with Crippen LogP contribution in [0.2, 0.25) is 0 Å². The fraction of sp³-hybridized carbons (Fsp3) is 0. The van der Waals surface area contributed by atoms with Crippen molar-refractivity contribution >= 4 is 21.9 Å². The molecule has 0 N–H and O–H groups in total. The van der Waals surface area contributed by atoms with E-state index in [2.05, 4.69) is 95.6 Å². The minimum atomic E-state index is 0.609. The molecule has 4 nitrogen and oxygen atoms in total. The van der Waals surface area contributed by atoms with Crippen LogP contribution in [0.1, 0.15) is 0 Å². The van der Waals surface area contributed by atoms with Crippen molar-refractivity contribution in [3.05, 3.63) is 152 Å². The molecule has 0 unspecified atom stereocenters. The molecule has 3 heterocycles. The van der Waals surface area contributed by atoms with Crippen LogP contribution in [0.25, 0.3) is 72.9 Å². The number of aromatic nitrogens is 3. The van der Waals surface area contributed by atoms with Gasteiger partial charge in [0.05, 0.1) is 22.6 Å². The van der Waals surface area contributed by atoms with E-state index in [4.69, 9.17) is 14.4 Å². The lowest BCUT2D eigenvalue weighted by Gasteiger charge is -2.13. The Hall–Kier alpha value is -5.74. The normalized spacial score (nSPS) is 11.3. The summed E-state index contributed by atoms with van der Waals surface area (Å²) in [6, 6.07) is 51.8. The van der Waals surface area contributed by atoms with Crippen LogP contribution in [-0.2, 0) is 0 Å². The van der Waals surface area contributed by atoms with E-state index in [9.17, 15) is 0 Å². The largest absolute Gasteiger partial charge is 0.455 e. The van der Waals surface area contributed by atoms with Crippen molar-refractivity contribution in [2.75, 3.05) is 0 Å². The van der Waals surface area contributed by atoms with Gasteiger partial charge in [-0.1, -0.05) is 121 Å². The fourth-order valence-electron chi connectivity index (χ4n) is 5.61. The highest BCUT2D eigenvalue weighted by Gasteiger charge is 2.20. The molecular weight excluding hydrogens is 514 g/mol. The molecule has 3 aromatic heterocycles. The lowest BCUT2D eigenvalue weighted by Crippen LogP contribution is -2.05. The second-order valence-corrected chi connectivity index (χ2v) is 10.3. The van der Waals surface area contributed by atoms with E-state index in [1.807, 2.05) is 60.7 Å². The average Bonchev–Trinajstić information content (AvgIpc) is 3.69. The molecule has 4 heteroatoms. The van der Waals surface area contributed by atoms with Gasteiger partial charge in [0.2, 0.25) is 5.95 Å². The Kier molecular flexibility index (Phi) is 5.75. The Morgan fingerprint density at radius 2 is 1.00 bits per heavy atom. The van der Waals surface area contributed by atoms with Gasteiger partial charge >= 0.3 is 0 Å². The predicted molar refractivity (Wildman–Crippen MR) is 170 cm³/mol. The first kappa shape index (κ1) is 24.1. The smallest absolute Gasteiger partial charge is 0.235 e. The Morgan fingerprint density at radius 1 is 0.476 bits per heavy atom. The van der Waals surface area contributed by atoms with E-state index in [0.29, 0.717) is 5.95 Å². The first-order valence-electron chi connectivity index (χ1n) is 14.0. The summed E-state index contributed by atoms with van der Waals surface area (Å²) in [6.07, 6.45) is 0. The van der Waals surface area contributed by atoms with Crippen molar-refractivity contribution in [1.82, 2.24) is 14.5 Å². The van der Waals surface area contributed by atoms with Crippen molar-refractivity contribution in [2.24, 2.45) is 0 Å². The third-order valence-electron chi connectivity index (χ3n) is 7.65. The molecule has 0 fully saturated rings. The van der Waals surface area contributed by atoms with Gasteiger partial charge in [-0.05, 0) is 35.9 Å². The number of hydrogen-bond donors (Lipinski definition) is 0. The maximum atomic E-state index is 6.54. The van der Waals surface area contributed by atoms with E-state index in [0.717, 1.165) is 67.0 Å². The van der Waals surface area contributed by atoms with Crippen LogP contribution in [0.3, 0.4) is 0 Å². The molecule has 8 rings (SSSR count). The lowest BCUT2D eigenvalue weighted by atomic mass is 10.1. The van der Waals surface area contributed by atoms with Gasteiger partial charge in [-0.2, -0.15) is 0 Å². The van der Waals surface area contributed by atoms with Crippen molar-refractivity contribution in [3.63, 3.8) is 0 Å². The predicted octanol–water partition coefficient (Wildman–Crippen LogP) is 9.83. The number of nitrogens with zero attached hydrogens (tertiary/aromatic N) is 3. The van der Waals surface area contributed by atoms with Crippen molar-refractivity contribution in [2.45, 2.75) is 0 Å². The number of benzene rings is 5. The zero-order valence-electron chi connectivity index (χ0n) is 22.7. The molecule has 198 valence electrons. The average molecular weight is 540 g/mol. The number of fused-ring (bicyclic) bond motifs is 3. The highest BCUT2D eigenvalue weighted by Crippen LogP contribution is 2.38. The molecule has 8 aromatic rings. The van der Waals surface area contributed by atoms with Crippen LogP contribution in [0.5, 0.6) is 0 Å². The summed E-state index contributed by atoms with van der Waals surface area (Å²) in [5, 5.41) is 2.07. The molecule has 42 heavy (non-hydrogen) atoms. The standard InChI is InChI=1S/C38H25N3O/c1-5-13-26(14-6-1)32-25-33(27-15-7-2-8-16-27)40-38(39-32)41-34-22-21-30-23-36(29-19-11-4-12-20-29)42-37(30)31(34)24-35(41)28-17-9-3-10-18-28/h1-25H. The molecular formula is C38H25N3O. The van der Waals surface area contributed by atoms with Gasteiger partial charge in [-0.25, -0.2) is 9.97 Å². The lowest BCUT2D eigenvalue weighted by molar-refractivity contribution is 0.635. The quantitative estimate of drug-likeness (QED) is 0.219. The Bertz CT molecular complexity index is 2110. The maximum Gasteiger partial charge on any atom is 0.235 e. The molecule has 0 saturated heterocycles. The molecule has 0 radical (unpaired) electrons. The fourth-order valence-corrected chi connectivity index (χ4v) is 5.61. The highest BCUT2D eigenvalue weighted by atomic mass is 16.3. The molecule has 0 saturated carbocycles. The molecule has 0 aliphatic carbocycles. The monoisotopic (exact) mass is 539 g/mol. The molecule has 0 bridgehead atoms. The molecule has 5 aromatic carbocycles. The van der Waals surface area contributed by atoms with Crippen molar-refractivity contribution in [1.29, 1.82) is 0 Å². The summed E-state index contributed by atoms with van der Waals surface area (Å²) >= 11 is 0. The Balaban J connectivity index is 1.42. The van der Waals surface area contributed by atoms with Crippen LogP contribution >= 0.6 is 0 Å². The van der Waals surface area contributed by atoms with Crippen LogP contribution in [0.15, 0.2) is 156 Å². The van der Waals surface area contributed by atoms with Gasteiger partial charge in [0, 0.05) is 27.5 Å². The van der Waals surface area contributed by atoms with Gasteiger partial charge in [0.15, 0.2) is 0 Å². The van der Waals surface area contributed by atoms with Crippen molar-refractivity contribution < 1.29 is 4.42 Å². The second-order valence-electron chi connectivity index (χ2n) is 10.3. The maximum absolute atomic E-state index is 6.54. The molecule has 0 aliphatic rings. The number of hydrogen-bond acceptors (Lipinski definition) is 3. The van der Waals surface area contributed by atoms with E-state index >= 15 is 0 Å². The summed E-state index contributed by atoms with van der Waals surface area (Å²) in [4.78, 5) is 10.3. The van der Waals surface area contributed by atoms with Crippen LogP contribution in [0.4, 0.5) is 0 Å². The first-order valence-corrected chi connectivity index (χ1v) is 14.0. The molecule has 0 amide bonds. The van der Waals surface area contributed by atoms with E-state index in [-0.39, 0.29) is 0 Å². The van der Waals surface area contributed by atoms with Gasteiger partial charge in [0.25, 0.3) is 0 Å². The van der Waals surface area contributed by atoms with Crippen LogP contribution in [-0.4, -0.2) is 14.5 Å². The summed E-state index contributed by atoms with van der Waals surface area (Å²) in [5.74, 6) is 1.46. The Morgan fingerprint density at radius 3 is 1.57 bits per heavy atom. The second kappa shape index (κ2) is 10.0. The summed E-state index contributed by atoms with van der Waals surface area (Å²) < 4.78 is 8.70. The zero-order chi connectivity index (χ0) is 27.9. The van der Waals surface area contributed by atoms with Crippen LogP contribution < -0.4 is 0 Å². The van der Waals surface area contributed by atoms with E-state index < -0.39 is 0 Å². The topological polar surface area (TPSA) is 43.9 Å². The summed E-state index contributed by atoms with van der Waals surface area (Å²) in [7, 11) is 0. The van der Waals surface area contributed by atoms with Gasteiger partial charge in [-0.15, -0.1) is 0 Å². The third kappa shape index (κ3) is 4.18. The van der Waals surface area contributed by atoms with Gasteiger partial charge < -0.3 is 4.42 Å². The Labute approximate surface area is 243 Å². The molecule has 0 atom stereocenters. The minimum Gasteiger partial charge on any atom is -0.455 e. The highest BCUT2D eigenvalue weighted by molar-refractivity contribution is 6.07. The number of rotatable bonds is 5. The van der Waals surface area contributed by atoms with Gasteiger partial charge in [0.1, 0.15) is 11.3 Å². The minimum absolute atomic E-state index is 0.609. The van der Waals surface area contributed by atoms with E-state index in [1.165, 1.54) is 0 Å². The van der Waals surface area contributed by atoms with Gasteiger partial charge in [-0.3, -0.25) is 4.57 Å². The number of furan rings is 1. The molecule has 0 aliphatic heterocycles. The summed E-state index contributed by atoms with van der Waals surface area (Å²) in [6.45, 7) is 0. The first-order chi connectivity index (χ1) is 20.8. The van der Waals surface area contributed by atoms with Crippen LogP contribution in [0, 0.1) is 0 Å². The van der Waals surface area contributed by atoms with Crippen molar-refractivity contribution in [3.8, 4) is 51.0 Å². The molecule has 0 spiro atoms.